The summed E-state index contributed by atoms with van der Waals surface area (Å²) in [6.07, 6.45) is 0. The van der Waals surface area contributed by atoms with Crippen molar-refractivity contribution < 1.29 is 13.2 Å². The van der Waals surface area contributed by atoms with Gasteiger partial charge >= 0.3 is 0 Å². The maximum Gasteiger partial charge on any atom is 0.244 e. The van der Waals surface area contributed by atoms with E-state index in [-0.39, 0.29) is 15.3 Å². The average Bonchev–Trinajstić information content (AvgIpc) is 2.57. The Hall–Kier alpha value is -1.78. The van der Waals surface area contributed by atoms with E-state index >= 15 is 0 Å². The van der Waals surface area contributed by atoms with E-state index in [2.05, 4.69) is 0 Å². The molecule has 0 N–H and O–H groups in total. The second-order valence-electron chi connectivity index (χ2n) is 6.58. The zero-order chi connectivity index (χ0) is 18.9. The van der Waals surface area contributed by atoms with Crippen LogP contribution in [0.25, 0.3) is 0 Å². The van der Waals surface area contributed by atoms with Crippen molar-refractivity contribution >= 4 is 33.2 Å². The van der Waals surface area contributed by atoms with E-state index < -0.39 is 10.0 Å². The first kappa shape index (κ1) is 19.0. The van der Waals surface area contributed by atoms with Gasteiger partial charge in [-0.3, -0.25) is 0 Å². The third-order valence-electron chi connectivity index (χ3n) is 4.20. The molecule has 0 amide bonds. The number of hydrogen-bond donors (Lipinski definition) is 0. The van der Waals surface area contributed by atoms with Crippen LogP contribution in [0.2, 0.25) is 10.0 Å². The van der Waals surface area contributed by atoms with Crippen molar-refractivity contribution in [1.82, 2.24) is 4.31 Å². The number of hydrogen-bond acceptors (Lipinski definition) is 4. The van der Waals surface area contributed by atoms with Gasteiger partial charge < -0.3 is 4.74 Å². The molecule has 8 heteroatoms. The molecule has 0 aromatic heterocycles. The van der Waals surface area contributed by atoms with Gasteiger partial charge in [0.1, 0.15) is 10.6 Å². The largest absolute Gasteiger partial charge is 0.493 e. The average molecular weight is 411 g/mol. The van der Waals surface area contributed by atoms with Crippen LogP contribution in [0.15, 0.2) is 47.4 Å². The molecule has 2 aromatic carbocycles. The highest BCUT2D eigenvalue weighted by Crippen LogP contribution is 2.37. The Morgan fingerprint density at radius 3 is 2.42 bits per heavy atom. The summed E-state index contributed by atoms with van der Waals surface area (Å²) in [7, 11) is -3.66. The van der Waals surface area contributed by atoms with E-state index in [1.165, 1.54) is 22.5 Å². The molecule has 1 aliphatic rings. The first-order valence-corrected chi connectivity index (χ1v) is 10.0. The predicted molar refractivity (Wildman–Crippen MR) is 100.0 cm³/mol. The summed E-state index contributed by atoms with van der Waals surface area (Å²) in [5.74, 6) is 0.646. The first-order valence-electron chi connectivity index (χ1n) is 7.82. The Labute approximate surface area is 162 Å². The number of sulfonamides is 1. The lowest BCUT2D eigenvalue weighted by Gasteiger charge is -2.46. The SMILES string of the molecule is CC1(COc2ccc(C#N)cc2)CN(S(=O)(=O)c2ccc(Cl)cc2Cl)C1. The number of nitriles is 1. The van der Waals surface area contributed by atoms with Gasteiger partial charge in [-0.25, -0.2) is 8.42 Å². The van der Waals surface area contributed by atoms with Crippen molar-refractivity contribution in [3.63, 3.8) is 0 Å². The van der Waals surface area contributed by atoms with Gasteiger partial charge in [0.05, 0.1) is 23.3 Å². The fraction of sp³-hybridized carbons (Fsp3) is 0.278. The van der Waals surface area contributed by atoms with Crippen molar-refractivity contribution in [1.29, 1.82) is 5.26 Å². The molecule has 0 unspecified atom stereocenters. The van der Waals surface area contributed by atoms with Crippen molar-refractivity contribution in [2.45, 2.75) is 11.8 Å². The van der Waals surface area contributed by atoms with Gasteiger partial charge in [0.25, 0.3) is 0 Å². The van der Waals surface area contributed by atoms with Gasteiger partial charge in [0.2, 0.25) is 10.0 Å². The molecule has 0 bridgehead atoms. The van der Waals surface area contributed by atoms with Crippen LogP contribution < -0.4 is 4.74 Å². The number of nitrogens with zero attached hydrogens (tertiary/aromatic N) is 2. The van der Waals surface area contributed by atoms with Crippen LogP contribution in [0, 0.1) is 16.7 Å². The van der Waals surface area contributed by atoms with Crippen molar-refractivity contribution in [3.8, 4) is 11.8 Å². The summed E-state index contributed by atoms with van der Waals surface area (Å²) in [5.41, 5.74) is 0.268. The molecule has 1 heterocycles. The van der Waals surface area contributed by atoms with Gasteiger partial charge in [0, 0.05) is 23.5 Å². The molecular formula is C18H16Cl2N2O3S. The number of halogens is 2. The molecule has 26 heavy (non-hydrogen) atoms. The molecule has 0 aliphatic carbocycles. The van der Waals surface area contributed by atoms with Crippen molar-refractivity contribution in [3.05, 3.63) is 58.1 Å². The van der Waals surface area contributed by atoms with Crippen LogP contribution in [0.3, 0.4) is 0 Å². The van der Waals surface area contributed by atoms with E-state index in [0.717, 1.165) is 0 Å². The minimum atomic E-state index is -3.66. The molecule has 0 spiro atoms. The molecule has 2 aromatic rings. The molecule has 0 saturated carbocycles. The van der Waals surface area contributed by atoms with Crippen molar-refractivity contribution in [2.75, 3.05) is 19.7 Å². The summed E-state index contributed by atoms with van der Waals surface area (Å²) < 4.78 is 32.5. The van der Waals surface area contributed by atoms with Gasteiger partial charge in [-0.15, -0.1) is 0 Å². The minimum absolute atomic E-state index is 0.0543. The summed E-state index contributed by atoms with van der Waals surface area (Å²) in [6, 6.07) is 13.2. The topological polar surface area (TPSA) is 70.4 Å². The maximum absolute atomic E-state index is 12.7. The van der Waals surface area contributed by atoms with E-state index in [1.807, 2.05) is 13.0 Å². The molecule has 0 atom stereocenters. The number of rotatable bonds is 5. The monoisotopic (exact) mass is 410 g/mol. The lowest BCUT2D eigenvalue weighted by atomic mass is 9.85. The normalized spacial score (nSPS) is 16.5. The predicted octanol–water partition coefficient (Wildman–Crippen LogP) is 3.95. The highest BCUT2D eigenvalue weighted by Gasteiger charge is 2.46. The summed E-state index contributed by atoms with van der Waals surface area (Å²) >= 11 is 11.9. The third kappa shape index (κ3) is 3.81. The zero-order valence-corrected chi connectivity index (χ0v) is 16.3. The van der Waals surface area contributed by atoms with Crippen LogP contribution in [0.1, 0.15) is 12.5 Å². The molecule has 3 rings (SSSR count). The Balaban J connectivity index is 1.63. The Bertz CT molecular complexity index is 963. The Morgan fingerprint density at radius 2 is 1.85 bits per heavy atom. The second-order valence-corrected chi connectivity index (χ2v) is 9.33. The van der Waals surface area contributed by atoms with E-state index in [0.29, 0.717) is 36.0 Å². The smallest absolute Gasteiger partial charge is 0.244 e. The third-order valence-corrected chi connectivity index (χ3v) is 6.71. The van der Waals surface area contributed by atoms with E-state index in [9.17, 15) is 8.42 Å². The molecule has 1 aliphatic heterocycles. The van der Waals surface area contributed by atoms with Gasteiger partial charge in [-0.1, -0.05) is 30.1 Å². The van der Waals surface area contributed by atoms with Gasteiger partial charge in [-0.05, 0) is 42.5 Å². The van der Waals surface area contributed by atoms with Crippen LogP contribution in [-0.2, 0) is 10.0 Å². The summed E-state index contributed by atoms with van der Waals surface area (Å²) in [4.78, 5) is 0.0543. The number of ether oxygens (including phenoxy) is 1. The van der Waals surface area contributed by atoms with Crippen LogP contribution in [0.4, 0.5) is 0 Å². The molecule has 5 nitrogen and oxygen atoms in total. The fourth-order valence-electron chi connectivity index (χ4n) is 2.77. The zero-order valence-electron chi connectivity index (χ0n) is 13.9. The Kier molecular flexibility index (Phi) is 5.18. The summed E-state index contributed by atoms with van der Waals surface area (Å²) in [5, 5.41) is 9.30. The van der Waals surface area contributed by atoms with Gasteiger partial charge in [0.15, 0.2) is 0 Å². The minimum Gasteiger partial charge on any atom is -0.493 e. The first-order chi connectivity index (χ1) is 12.2. The lowest BCUT2D eigenvalue weighted by Crippen LogP contribution is -2.59. The molecule has 1 saturated heterocycles. The highest BCUT2D eigenvalue weighted by atomic mass is 35.5. The molecule has 136 valence electrons. The quantitative estimate of drug-likeness (QED) is 0.747. The molecule has 0 radical (unpaired) electrons. The summed E-state index contributed by atoms with van der Waals surface area (Å²) in [6.45, 7) is 3.01. The second kappa shape index (κ2) is 7.09. The van der Waals surface area contributed by atoms with Crippen LogP contribution in [-0.4, -0.2) is 32.4 Å². The molecular weight excluding hydrogens is 395 g/mol. The number of benzene rings is 2. The van der Waals surface area contributed by atoms with E-state index in [1.54, 1.807) is 24.3 Å². The highest BCUT2D eigenvalue weighted by molar-refractivity contribution is 7.89. The maximum atomic E-state index is 12.7. The van der Waals surface area contributed by atoms with Gasteiger partial charge in [-0.2, -0.15) is 9.57 Å². The standard InChI is InChI=1S/C18H16Cl2N2O3S/c1-18(12-25-15-5-2-13(9-21)3-6-15)10-22(11-18)26(23,24)17-7-4-14(19)8-16(17)20/h2-8H,10-12H2,1H3. The van der Waals surface area contributed by atoms with Crippen LogP contribution >= 0.6 is 23.2 Å². The molecule has 1 fully saturated rings. The van der Waals surface area contributed by atoms with E-state index in [4.69, 9.17) is 33.2 Å². The lowest BCUT2D eigenvalue weighted by molar-refractivity contribution is 0.0360. The Morgan fingerprint density at radius 1 is 1.19 bits per heavy atom. The fourth-order valence-corrected chi connectivity index (χ4v) is 5.26. The van der Waals surface area contributed by atoms with Crippen LogP contribution in [0.5, 0.6) is 5.75 Å². The van der Waals surface area contributed by atoms with Crippen molar-refractivity contribution in [2.24, 2.45) is 5.41 Å².